The standard InChI is InChI=1S/C16H18N2OS/c19-15(17-12-6-2-1-3-7-12)10-11-16-18-13-8-4-5-9-14(13)20-16/h4-5,8-12H,1-3,6-7H2,(H,17,19)/b11-10+. The molecule has 0 aliphatic heterocycles. The van der Waals surface area contributed by atoms with Crippen molar-refractivity contribution < 1.29 is 4.79 Å². The molecule has 3 nitrogen and oxygen atoms in total. The average Bonchev–Trinajstić information content (AvgIpc) is 2.89. The monoisotopic (exact) mass is 286 g/mol. The molecule has 0 atom stereocenters. The number of para-hydroxylation sites is 1. The zero-order valence-electron chi connectivity index (χ0n) is 11.3. The second-order valence-electron chi connectivity index (χ2n) is 5.20. The lowest BCUT2D eigenvalue weighted by molar-refractivity contribution is -0.117. The van der Waals surface area contributed by atoms with Crippen molar-refractivity contribution in [3.63, 3.8) is 0 Å². The number of nitrogens with zero attached hydrogens (tertiary/aromatic N) is 1. The summed E-state index contributed by atoms with van der Waals surface area (Å²) in [5.41, 5.74) is 0.991. The average molecular weight is 286 g/mol. The number of carbonyl (C=O) groups is 1. The summed E-state index contributed by atoms with van der Waals surface area (Å²) in [5, 5.41) is 3.95. The quantitative estimate of drug-likeness (QED) is 0.873. The van der Waals surface area contributed by atoms with E-state index in [1.807, 2.05) is 30.3 Å². The Morgan fingerprint density at radius 3 is 2.85 bits per heavy atom. The Labute approximate surface area is 122 Å². The number of benzene rings is 1. The van der Waals surface area contributed by atoms with Crippen molar-refractivity contribution in [3.8, 4) is 0 Å². The Morgan fingerprint density at radius 1 is 1.25 bits per heavy atom. The van der Waals surface area contributed by atoms with Gasteiger partial charge in [-0.15, -0.1) is 11.3 Å². The third-order valence-corrected chi connectivity index (χ3v) is 4.64. The lowest BCUT2D eigenvalue weighted by Crippen LogP contribution is -2.34. The zero-order valence-corrected chi connectivity index (χ0v) is 12.2. The Morgan fingerprint density at radius 2 is 2.05 bits per heavy atom. The van der Waals surface area contributed by atoms with Crippen molar-refractivity contribution in [1.29, 1.82) is 0 Å². The molecule has 0 saturated heterocycles. The highest BCUT2D eigenvalue weighted by Crippen LogP contribution is 2.22. The van der Waals surface area contributed by atoms with Crippen LogP contribution in [0, 0.1) is 0 Å². The van der Waals surface area contributed by atoms with Crippen LogP contribution in [0.1, 0.15) is 37.1 Å². The van der Waals surface area contributed by atoms with E-state index in [0.717, 1.165) is 28.1 Å². The molecule has 4 heteroatoms. The Hall–Kier alpha value is -1.68. The molecule has 1 aromatic heterocycles. The molecule has 1 aliphatic rings. The maximum Gasteiger partial charge on any atom is 0.244 e. The first-order chi connectivity index (χ1) is 9.81. The van der Waals surface area contributed by atoms with Crippen molar-refractivity contribution in [2.24, 2.45) is 0 Å². The molecule has 0 radical (unpaired) electrons. The van der Waals surface area contributed by atoms with Gasteiger partial charge in [0.2, 0.25) is 5.91 Å². The summed E-state index contributed by atoms with van der Waals surface area (Å²) in [6, 6.07) is 8.38. The maximum atomic E-state index is 11.9. The highest BCUT2D eigenvalue weighted by atomic mass is 32.1. The summed E-state index contributed by atoms with van der Waals surface area (Å²) in [7, 11) is 0. The summed E-state index contributed by atoms with van der Waals surface area (Å²) in [6.07, 6.45) is 9.39. The van der Waals surface area contributed by atoms with Crippen LogP contribution in [0.4, 0.5) is 0 Å². The lowest BCUT2D eigenvalue weighted by atomic mass is 9.95. The van der Waals surface area contributed by atoms with Gasteiger partial charge in [0, 0.05) is 12.1 Å². The summed E-state index contributed by atoms with van der Waals surface area (Å²) in [4.78, 5) is 16.4. The summed E-state index contributed by atoms with van der Waals surface area (Å²) >= 11 is 1.61. The van der Waals surface area contributed by atoms with Gasteiger partial charge in [-0.2, -0.15) is 0 Å². The van der Waals surface area contributed by atoms with Crippen LogP contribution < -0.4 is 5.32 Å². The zero-order chi connectivity index (χ0) is 13.8. The minimum absolute atomic E-state index is 0.00356. The van der Waals surface area contributed by atoms with Gasteiger partial charge in [0.1, 0.15) is 5.01 Å². The molecule has 1 saturated carbocycles. The van der Waals surface area contributed by atoms with Gasteiger partial charge in [0.25, 0.3) is 0 Å². The van der Waals surface area contributed by atoms with Crippen LogP contribution in [-0.4, -0.2) is 16.9 Å². The van der Waals surface area contributed by atoms with E-state index in [9.17, 15) is 4.79 Å². The molecular formula is C16H18N2OS. The number of hydrogen-bond acceptors (Lipinski definition) is 3. The first-order valence-electron chi connectivity index (χ1n) is 7.15. The number of rotatable bonds is 3. The molecule has 1 aromatic carbocycles. The predicted octanol–water partition coefficient (Wildman–Crippen LogP) is 3.76. The lowest BCUT2D eigenvalue weighted by Gasteiger charge is -2.21. The van der Waals surface area contributed by atoms with E-state index in [1.165, 1.54) is 19.3 Å². The van der Waals surface area contributed by atoms with Crippen LogP contribution >= 0.6 is 11.3 Å². The maximum absolute atomic E-state index is 11.9. The molecule has 1 N–H and O–H groups in total. The second-order valence-corrected chi connectivity index (χ2v) is 6.26. The number of aromatic nitrogens is 1. The fourth-order valence-electron chi connectivity index (χ4n) is 2.60. The van der Waals surface area contributed by atoms with Gasteiger partial charge in [-0.1, -0.05) is 31.4 Å². The Kier molecular flexibility index (Phi) is 4.11. The van der Waals surface area contributed by atoms with Crippen LogP contribution in [-0.2, 0) is 4.79 Å². The number of carbonyl (C=O) groups excluding carboxylic acids is 1. The first kappa shape index (κ1) is 13.3. The Balaban J connectivity index is 1.62. The molecule has 104 valence electrons. The molecule has 1 aliphatic carbocycles. The molecule has 2 aromatic rings. The van der Waals surface area contributed by atoms with Crippen LogP contribution in [0.3, 0.4) is 0 Å². The molecule has 0 unspecified atom stereocenters. The molecule has 1 heterocycles. The molecule has 0 spiro atoms. The second kappa shape index (κ2) is 6.18. The van der Waals surface area contributed by atoms with E-state index < -0.39 is 0 Å². The van der Waals surface area contributed by atoms with Gasteiger partial charge in [0.05, 0.1) is 10.2 Å². The predicted molar refractivity (Wildman–Crippen MR) is 83.7 cm³/mol. The fraction of sp³-hybridized carbons (Fsp3) is 0.375. The number of fused-ring (bicyclic) bond motifs is 1. The molecule has 0 bridgehead atoms. The smallest absolute Gasteiger partial charge is 0.244 e. The third kappa shape index (κ3) is 3.25. The van der Waals surface area contributed by atoms with E-state index in [2.05, 4.69) is 10.3 Å². The van der Waals surface area contributed by atoms with E-state index in [0.29, 0.717) is 6.04 Å². The number of nitrogens with one attached hydrogen (secondary N) is 1. The third-order valence-electron chi connectivity index (χ3n) is 3.64. The Bertz CT molecular complexity index is 593. The van der Waals surface area contributed by atoms with Crippen molar-refractivity contribution in [3.05, 3.63) is 35.3 Å². The highest BCUT2D eigenvalue weighted by Gasteiger charge is 2.14. The normalized spacial score (nSPS) is 16.8. The minimum atomic E-state index is -0.00356. The first-order valence-corrected chi connectivity index (χ1v) is 7.97. The van der Waals surface area contributed by atoms with E-state index in [4.69, 9.17) is 0 Å². The van der Waals surface area contributed by atoms with Gasteiger partial charge in [-0.05, 0) is 31.1 Å². The summed E-state index contributed by atoms with van der Waals surface area (Å²) < 4.78 is 1.15. The van der Waals surface area contributed by atoms with Gasteiger partial charge in [0.15, 0.2) is 0 Å². The van der Waals surface area contributed by atoms with Crippen LogP contribution in [0.2, 0.25) is 0 Å². The summed E-state index contributed by atoms with van der Waals surface area (Å²) in [6.45, 7) is 0. The van der Waals surface area contributed by atoms with Gasteiger partial charge in [-0.25, -0.2) is 4.98 Å². The molecule has 3 rings (SSSR count). The number of amides is 1. The SMILES string of the molecule is O=C(/C=C/c1nc2ccccc2s1)NC1CCCCC1. The minimum Gasteiger partial charge on any atom is -0.350 e. The van der Waals surface area contributed by atoms with Crippen molar-refractivity contribution in [2.45, 2.75) is 38.1 Å². The van der Waals surface area contributed by atoms with Crippen LogP contribution in [0.5, 0.6) is 0 Å². The van der Waals surface area contributed by atoms with Crippen LogP contribution in [0.15, 0.2) is 30.3 Å². The number of thiazole rings is 1. The highest BCUT2D eigenvalue weighted by molar-refractivity contribution is 7.19. The summed E-state index contributed by atoms with van der Waals surface area (Å²) in [5.74, 6) is -0.00356. The topological polar surface area (TPSA) is 42.0 Å². The largest absolute Gasteiger partial charge is 0.350 e. The molecule has 1 fully saturated rings. The molecule has 1 amide bonds. The van der Waals surface area contributed by atoms with Gasteiger partial charge >= 0.3 is 0 Å². The molecule has 20 heavy (non-hydrogen) atoms. The van der Waals surface area contributed by atoms with E-state index in [1.54, 1.807) is 17.4 Å². The van der Waals surface area contributed by atoms with Crippen molar-refractivity contribution in [2.75, 3.05) is 0 Å². The fourth-order valence-corrected chi connectivity index (χ4v) is 3.47. The number of hydrogen-bond donors (Lipinski definition) is 1. The van der Waals surface area contributed by atoms with Gasteiger partial charge < -0.3 is 5.32 Å². The van der Waals surface area contributed by atoms with Crippen molar-refractivity contribution in [1.82, 2.24) is 10.3 Å². The van der Waals surface area contributed by atoms with Gasteiger partial charge in [-0.3, -0.25) is 4.79 Å². The van der Waals surface area contributed by atoms with Crippen LogP contribution in [0.25, 0.3) is 16.3 Å². The van der Waals surface area contributed by atoms with Crippen molar-refractivity contribution >= 4 is 33.5 Å². The van der Waals surface area contributed by atoms with E-state index >= 15 is 0 Å². The molecular weight excluding hydrogens is 268 g/mol. The van der Waals surface area contributed by atoms with E-state index in [-0.39, 0.29) is 5.91 Å².